The molecule has 1 unspecified atom stereocenters. The average Bonchev–Trinajstić information content (AvgIpc) is 3.41. The number of hydrogen-bond donors (Lipinski definition) is 0. The highest BCUT2D eigenvalue weighted by atomic mass is 16.6. The van der Waals surface area contributed by atoms with Crippen LogP contribution in [0.4, 0.5) is 0 Å². The Bertz CT molecular complexity index is 1390. The third kappa shape index (κ3) is 61.6. The predicted molar refractivity (Wildman–Crippen MR) is 325 cm³/mol. The number of rotatable bonds is 59. The summed E-state index contributed by atoms with van der Waals surface area (Å²) in [4.78, 5) is 38.3. The van der Waals surface area contributed by atoms with Crippen LogP contribution in [0.15, 0.2) is 72.9 Å². The van der Waals surface area contributed by atoms with Crippen LogP contribution < -0.4 is 0 Å². The molecule has 0 saturated heterocycles. The number of ether oxygens (including phenoxy) is 3. The number of allylic oxidation sites excluding steroid dienone is 12. The van der Waals surface area contributed by atoms with Gasteiger partial charge in [-0.2, -0.15) is 0 Å². The Balaban J connectivity index is 4.26. The average molecular weight is 1050 g/mol. The van der Waals surface area contributed by atoms with Gasteiger partial charge in [-0.05, 0) is 96.3 Å². The topological polar surface area (TPSA) is 78.9 Å². The van der Waals surface area contributed by atoms with Crippen LogP contribution >= 0.6 is 0 Å². The van der Waals surface area contributed by atoms with Crippen molar-refractivity contribution < 1.29 is 28.6 Å². The van der Waals surface area contributed by atoms with E-state index in [1.165, 1.54) is 193 Å². The highest BCUT2D eigenvalue weighted by Gasteiger charge is 2.19. The maximum Gasteiger partial charge on any atom is 0.306 e. The van der Waals surface area contributed by atoms with Crippen LogP contribution in [0.2, 0.25) is 0 Å². The highest BCUT2D eigenvalue weighted by molar-refractivity contribution is 5.71. The summed E-state index contributed by atoms with van der Waals surface area (Å²) < 4.78 is 16.9. The smallest absolute Gasteiger partial charge is 0.306 e. The van der Waals surface area contributed by atoms with Crippen molar-refractivity contribution in [2.75, 3.05) is 13.2 Å². The first-order valence-corrected chi connectivity index (χ1v) is 32.4. The zero-order chi connectivity index (χ0) is 54.3. The molecule has 0 aliphatic carbocycles. The Hall–Kier alpha value is -3.15. The molecule has 0 rings (SSSR count). The van der Waals surface area contributed by atoms with Crippen LogP contribution in [0.5, 0.6) is 0 Å². The number of unbranched alkanes of at least 4 members (excludes halogenated alkanes) is 36. The molecule has 1 atom stereocenters. The summed E-state index contributed by atoms with van der Waals surface area (Å²) in [5.41, 5.74) is 0. The third-order valence-corrected chi connectivity index (χ3v) is 14.2. The minimum Gasteiger partial charge on any atom is -0.462 e. The van der Waals surface area contributed by atoms with E-state index in [-0.39, 0.29) is 31.1 Å². The molecule has 0 spiro atoms. The molecule has 0 amide bonds. The molecule has 0 aliphatic heterocycles. The van der Waals surface area contributed by atoms with Gasteiger partial charge in [0, 0.05) is 19.3 Å². The number of hydrogen-bond acceptors (Lipinski definition) is 6. The zero-order valence-corrected chi connectivity index (χ0v) is 49.8. The Kier molecular flexibility index (Phi) is 60.7. The molecule has 75 heavy (non-hydrogen) atoms. The van der Waals surface area contributed by atoms with Crippen molar-refractivity contribution in [3.8, 4) is 0 Å². The Labute approximate surface area is 465 Å². The molecule has 0 saturated carbocycles. The summed E-state index contributed by atoms with van der Waals surface area (Å²) in [6.45, 7) is 6.62. The fourth-order valence-corrected chi connectivity index (χ4v) is 9.28. The molecule has 434 valence electrons. The normalized spacial score (nSPS) is 12.5. The van der Waals surface area contributed by atoms with Crippen molar-refractivity contribution in [3.63, 3.8) is 0 Å². The van der Waals surface area contributed by atoms with E-state index in [4.69, 9.17) is 14.2 Å². The summed E-state index contributed by atoms with van der Waals surface area (Å²) in [5.74, 6) is -0.880. The van der Waals surface area contributed by atoms with Crippen LogP contribution in [-0.4, -0.2) is 37.2 Å². The van der Waals surface area contributed by atoms with Gasteiger partial charge >= 0.3 is 17.9 Å². The molecule has 0 fully saturated rings. The molecule has 6 heteroatoms. The lowest BCUT2D eigenvalue weighted by Crippen LogP contribution is -2.30. The lowest BCUT2D eigenvalue weighted by Gasteiger charge is -2.18. The highest BCUT2D eigenvalue weighted by Crippen LogP contribution is 2.16. The molecule has 0 N–H and O–H groups in total. The first-order chi connectivity index (χ1) is 37.0. The number of esters is 3. The molecule has 0 heterocycles. The second-order valence-corrected chi connectivity index (χ2v) is 21.7. The van der Waals surface area contributed by atoms with E-state index < -0.39 is 6.10 Å². The standard InChI is InChI=1S/C69H122O6/c1-4-7-10-13-16-19-22-24-26-28-30-31-32-33-34-35-36-37-39-40-42-44-47-50-53-56-59-62-68(71)74-65-66(64-73-67(70)61-58-55-52-49-46-21-18-15-12-9-6-3)75-69(72)63-60-57-54-51-48-45-43-41-38-29-27-25-23-20-17-14-11-8-5-2/h17,20,22,24-25,27-28,30,32-33,38,41,66H,4-16,18-19,21,23,26,29,31,34-37,39-40,42-65H2,1-3H3/b20-17-,24-22-,27-25-,30-28-,33-32-,41-38-. The molecular formula is C69H122O6. The van der Waals surface area contributed by atoms with Crippen molar-refractivity contribution >= 4 is 17.9 Å². The quantitative estimate of drug-likeness (QED) is 0.0261. The summed E-state index contributed by atoms with van der Waals surface area (Å²) in [5, 5.41) is 0. The minimum absolute atomic E-state index is 0.0783. The minimum atomic E-state index is -0.782. The maximum absolute atomic E-state index is 12.9. The van der Waals surface area contributed by atoms with Crippen LogP contribution in [0.1, 0.15) is 329 Å². The molecule has 0 aliphatic rings. The fourth-order valence-electron chi connectivity index (χ4n) is 9.28. The third-order valence-electron chi connectivity index (χ3n) is 14.2. The van der Waals surface area contributed by atoms with Gasteiger partial charge in [0.05, 0.1) is 0 Å². The van der Waals surface area contributed by atoms with E-state index in [0.717, 1.165) is 96.3 Å². The molecule has 0 bridgehead atoms. The summed E-state index contributed by atoms with van der Waals surface area (Å²) in [7, 11) is 0. The largest absolute Gasteiger partial charge is 0.462 e. The monoisotopic (exact) mass is 1050 g/mol. The van der Waals surface area contributed by atoms with Gasteiger partial charge in [-0.3, -0.25) is 14.4 Å². The molecule has 0 radical (unpaired) electrons. The van der Waals surface area contributed by atoms with Gasteiger partial charge in [-0.25, -0.2) is 0 Å². The van der Waals surface area contributed by atoms with Gasteiger partial charge in [0.15, 0.2) is 6.10 Å². The van der Waals surface area contributed by atoms with E-state index in [2.05, 4.69) is 93.7 Å². The van der Waals surface area contributed by atoms with E-state index >= 15 is 0 Å². The van der Waals surface area contributed by atoms with Gasteiger partial charge in [0.25, 0.3) is 0 Å². The van der Waals surface area contributed by atoms with Gasteiger partial charge in [0.1, 0.15) is 13.2 Å². The Morgan fingerprint density at radius 3 is 0.773 bits per heavy atom. The van der Waals surface area contributed by atoms with Crippen LogP contribution in [0, 0.1) is 0 Å². The fraction of sp³-hybridized carbons (Fsp3) is 0.783. The zero-order valence-electron chi connectivity index (χ0n) is 49.8. The molecular weight excluding hydrogens is 925 g/mol. The van der Waals surface area contributed by atoms with Crippen LogP contribution in [0.25, 0.3) is 0 Å². The van der Waals surface area contributed by atoms with Gasteiger partial charge in [0.2, 0.25) is 0 Å². The summed E-state index contributed by atoms with van der Waals surface area (Å²) in [6, 6.07) is 0. The van der Waals surface area contributed by atoms with Crippen molar-refractivity contribution in [2.45, 2.75) is 335 Å². The Morgan fingerprint density at radius 1 is 0.267 bits per heavy atom. The van der Waals surface area contributed by atoms with E-state index in [0.29, 0.717) is 19.3 Å². The van der Waals surface area contributed by atoms with Crippen molar-refractivity contribution in [1.29, 1.82) is 0 Å². The second-order valence-electron chi connectivity index (χ2n) is 21.7. The van der Waals surface area contributed by atoms with E-state index in [9.17, 15) is 14.4 Å². The lowest BCUT2D eigenvalue weighted by molar-refractivity contribution is -0.167. The molecule has 0 aromatic carbocycles. The molecule has 0 aromatic heterocycles. The first kappa shape index (κ1) is 71.8. The van der Waals surface area contributed by atoms with Gasteiger partial charge in [-0.1, -0.05) is 286 Å². The SMILES string of the molecule is CCCCC/C=C\C/C=C\C/C=C\CCCCCCCCC(=O)OC(COC(=O)CCCCCCCCCCCCC)COC(=O)CCCCCCCCCCCCCC/C=C\C/C=C\C/C=C\CCCCCCC. The van der Waals surface area contributed by atoms with Gasteiger partial charge < -0.3 is 14.2 Å². The number of carbonyl (C=O) groups excluding carboxylic acids is 3. The number of carbonyl (C=O) groups is 3. The Morgan fingerprint density at radius 2 is 0.480 bits per heavy atom. The summed E-state index contributed by atoms with van der Waals surface area (Å²) in [6.07, 6.45) is 81.9. The van der Waals surface area contributed by atoms with Crippen LogP contribution in [0.3, 0.4) is 0 Å². The maximum atomic E-state index is 12.9. The van der Waals surface area contributed by atoms with Crippen molar-refractivity contribution in [2.24, 2.45) is 0 Å². The predicted octanol–water partition coefficient (Wildman–Crippen LogP) is 22.1. The molecule has 6 nitrogen and oxygen atoms in total. The van der Waals surface area contributed by atoms with Gasteiger partial charge in [-0.15, -0.1) is 0 Å². The van der Waals surface area contributed by atoms with E-state index in [1.807, 2.05) is 0 Å². The first-order valence-electron chi connectivity index (χ1n) is 32.4. The van der Waals surface area contributed by atoms with Crippen molar-refractivity contribution in [3.05, 3.63) is 72.9 Å². The lowest BCUT2D eigenvalue weighted by atomic mass is 10.0. The second kappa shape index (κ2) is 63.4. The van der Waals surface area contributed by atoms with Crippen molar-refractivity contribution in [1.82, 2.24) is 0 Å². The summed E-state index contributed by atoms with van der Waals surface area (Å²) >= 11 is 0. The van der Waals surface area contributed by atoms with Crippen LogP contribution in [-0.2, 0) is 28.6 Å². The van der Waals surface area contributed by atoms with E-state index in [1.54, 1.807) is 0 Å². The molecule has 0 aromatic rings.